The molecule has 2 atom stereocenters. The summed E-state index contributed by atoms with van der Waals surface area (Å²) in [4.78, 5) is 13.5. The average molecular weight is 245 g/mol. The molecule has 0 aromatic carbocycles. The molecular weight excluding hydrogens is 230 g/mol. The van der Waals surface area contributed by atoms with E-state index >= 15 is 0 Å². The van der Waals surface area contributed by atoms with Crippen molar-refractivity contribution in [2.24, 2.45) is 0 Å². The van der Waals surface area contributed by atoms with Gasteiger partial charge in [0.15, 0.2) is 6.73 Å². The summed E-state index contributed by atoms with van der Waals surface area (Å²) in [7, 11) is 0. The molecule has 0 unspecified atom stereocenters. The number of ether oxygens (including phenoxy) is 1. The zero-order chi connectivity index (χ0) is 12.8. The number of hydrogen-bond donors (Lipinski definition) is 2. The van der Waals surface area contributed by atoms with Gasteiger partial charge < -0.3 is 25.1 Å². The van der Waals surface area contributed by atoms with E-state index in [2.05, 4.69) is 4.98 Å². The van der Waals surface area contributed by atoms with E-state index in [4.69, 9.17) is 9.84 Å². The fourth-order valence-corrected chi connectivity index (χ4v) is 1.30. The summed E-state index contributed by atoms with van der Waals surface area (Å²) in [5.41, 5.74) is 0. The van der Waals surface area contributed by atoms with Gasteiger partial charge in [0.25, 0.3) is 0 Å². The average Bonchev–Trinajstić information content (AvgIpc) is 2.77. The molecule has 0 fully saturated rings. The minimum atomic E-state index is -0.803. The number of aliphatic hydroxyl groups excluding tert-OH is 2. The number of nitrogens with zero attached hydrogens (tertiary/aromatic N) is 3. The van der Waals surface area contributed by atoms with Gasteiger partial charge in [0.2, 0.25) is 0 Å². The number of hydrogen-bond acceptors (Lipinski definition) is 6. The van der Waals surface area contributed by atoms with Crippen LogP contribution in [0.2, 0.25) is 0 Å². The van der Waals surface area contributed by atoms with Crippen LogP contribution in [0.5, 0.6) is 0 Å². The van der Waals surface area contributed by atoms with Crippen LogP contribution >= 0.6 is 0 Å². The van der Waals surface area contributed by atoms with E-state index in [1.165, 1.54) is 17.0 Å². The molecule has 0 spiro atoms. The van der Waals surface area contributed by atoms with Crippen LogP contribution < -0.4 is 0 Å². The van der Waals surface area contributed by atoms with Crippen LogP contribution in [0.4, 0.5) is 5.95 Å². The fourth-order valence-electron chi connectivity index (χ4n) is 1.30. The molecule has 0 radical (unpaired) electrons. The molecule has 0 aliphatic carbocycles. The summed E-state index contributed by atoms with van der Waals surface area (Å²) in [6.07, 6.45) is 1.54. The molecule has 96 valence electrons. The van der Waals surface area contributed by atoms with Crippen molar-refractivity contribution in [2.45, 2.75) is 32.3 Å². The number of rotatable bonds is 7. The van der Waals surface area contributed by atoms with Crippen molar-refractivity contribution in [3.63, 3.8) is 0 Å². The van der Waals surface area contributed by atoms with Crippen molar-refractivity contribution in [1.82, 2.24) is 9.55 Å². The minimum Gasteiger partial charge on any atom is -0.394 e. The third-order valence-electron chi connectivity index (χ3n) is 2.31. The highest BCUT2D eigenvalue weighted by Crippen LogP contribution is 2.10. The summed E-state index contributed by atoms with van der Waals surface area (Å²) < 4.78 is 6.38. The van der Waals surface area contributed by atoms with Gasteiger partial charge in [-0.2, -0.15) is 0 Å². The van der Waals surface area contributed by atoms with E-state index in [1.807, 2.05) is 0 Å². The molecule has 17 heavy (non-hydrogen) atoms. The normalized spacial score (nSPS) is 14.5. The second-order valence-corrected chi connectivity index (χ2v) is 3.45. The van der Waals surface area contributed by atoms with Crippen molar-refractivity contribution < 1.29 is 19.9 Å². The molecule has 1 rings (SSSR count). The van der Waals surface area contributed by atoms with Crippen molar-refractivity contribution in [3.8, 4) is 0 Å². The molecule has 1 aromatic rings. The monoisotopic (exact) mass is 245 g/mol. The molecule has 1 heterocycles. The number of aromatic nitrogens is 2. The van der Waals surface area contributed by atoms with Gasteiger partial charge in [-0.15, -0.1) is 0 Å². The topological polar surface area (TPSA) is 111 Å². The largest absolute Gasteiger partial charge is 0.436 e. The third kappa shape index (κ3) is 3.48. The lowest BCUT2D eigenvalue weighted by molar-refractivity contribution is -0.397. The zero-order valence-electron chi connectivity index (χ0n) is 9.39. The molecule has 0 saturated carbocycles. The first kappa shape index (κ1) is 13.6. The smallest absolute Gasteiger partial charge is 0.394 e. The van der Waals surface area contributed by atoms with Crippen LogP contribution in [0.1, 0.15) is 13.3 Å². The highest BCUT2D eigenvalue weighted by molar-refractivity contribution is 5.05. The molecule has 2 N–H and O–H groups in total. The number of imidazole rings is 1. The minimum absolute atomic E-state index is 0.140. The lowest BCUT2D eigenvalue weighted by atomic mass is 10.2. The number of nitro groups is 1. The number of aliphatic hydroxyl groups is 2. The van der Waals surface area contributed by atoms with Gasteiger partial charge >= 0.3 is 5.95 Å². The Morgan fingerprint density at radius 3 is 2.94 bits per heavy atom. The van der Waals surface area contributed by atoms with E-state index < -0.39 is 17.1 Å². The summed E-state index contributed by atoms with van der Waals surface area (Å²) >= 11 is 0. The van der Waals surface area contributed by atoms with E-state index in [0.29, 0.717) is 6.42 Å². The van der Waals surface area contributed by atoms with E-state index in [9.17, 15) is 15.2 Å². The Hall–Kier alpha value is -1.51. The van der Waals surface area contributed by atoms with Crippen molar-refractivity contribution in [1.29, 1.82) is 0 Å². The highest BCUT2D eigenvalue weighted by atomic mass is 16.6. The maximum absolute atomic E-state index is 10.6. The van der Waals surface area contributed by atoms with Crippen LogP contribution in [0.15, 0.2) is 12.4 Å². The first-order valence-electron chi connectivity index (χ1n) is 5.16. The molecule has 0 aliphatic heterocycles. The maximum Gasteiger partial charge on any atom is 0.436 e. The Kier molecular flexibility index (Phi) is 5.01. The van der Waals surface area contributed by atoms with Crippen LogP contribution in [0.25, 0.3) is 0 Å². The SMILES string of the molecule is CC[C@H](O)[C@H](CO)OCn1ccnc1[N+](=O)[O-]. The predicted octanol–water partition coefficient (Wildman–Crippen LogP) is -0.103. The molecule has 0 aliphatic rings. The van der Waals surface area contributed by atoms with Crippen molar-refractivity contribution in [2.75, 3.05) is 6.61 Å². The summed E-state index contributed by atoms with van der Waals surface area (Å²) in [5.74, 6) is -0.340. The van der Waals surface area contributed by atoms with Crippen LogP contribution in [-0.2, 0) is 11.5 Å². The van der Waals surface area contributed by atoms with Gasteiger partial charge in [-0.05, 0) is 11.3 Å². The first-order chi connectivity index (χ1) is 8.10. The molecule has 1 aromatic heterocycles. The van der Waals surface area contributed by atoms with Gasteiger partial charge in [-0.3, -0.25) is 0 Å². The lowest BCUT2D eigenvalue weighted by Crippen LogP contribution is -2.32. The second kappa shape index (κ2) is 6.28. The standard InChI is InChI=1S/C9H15N3O5/c1-2-7(14)8(5-13)17-6-11-4-3-10-9(11)12(15)16/h3-4,7-8,13-14H,2,5-6H2,1H3/t7-,8-/m0/s1. The molecule has 8 nitrogen and oxygen atoms in total. The molecular formula is C9H15N3O5. The fraction of sp³-hybridized carbons (Fsp3) is 0.667. The van der Waals surface area contributed by atoms with Gasteiger partial charge in [0.05, 0.1) is 12.7 Å². The zero-order valence-corrected chi connectivity index (χ0v) is 9.39. The Morgan fingerprint density at radius 1 is 1.71 bits per heavy atom. The van der Waals surface area contributed by atoms with Crippen molar-refractivity contribution in [3.05, 3.63) is 22.5 Å². The van der Waals surface area contributed by atoms with Gasteiger partial charge in [-0.25, -0.2) is 4.57 Å². The Balaban J connectivity index is 2.59. The molecule has 8 heteroatoms. The van der Waals surface area contributed by atoms with E-state index in [0.717, 1.165) is 0 Å². The predicted molar refractivity (Wildman–Crippen MR) is 57.1 cm³/mol. The van der Waals surface area contributed by atoms with Gasteiger partial charge in [0, 0.05) is 0 Å². The lowest BCUT2D eigenvalue weighted by Gasteiger charge is -2.19. The molecule has 0 amide bonds. The molecule has 0 bridgehead atoms. The Bertz CT molecular complexity index is 367. The van der Waals surface area contributed by atoms with E-state index in [1.54, 1.807) is 6.92 Å². The second-order valence-electron chi connectivity index (χ2n) is 3.45. The van der Waals surface area contributed by atoms with Gasteiger partial charge in [-0.1, -0.05) is 11.9 Å². The Labute approximate surface area is 97.6 Å². The Morgan fingerprint density at radius 2 is 2.41 bits per heavy atom. The van der Waals surface area contributed by atoms with E-state index in [-0.39, 0.29) is 19.3 Å². The first-order valence-corrected chi connectivity index (χ1v) is 5.16. The third-order valence-corrected chi connectivity index (χ3v) is 2.31. The van der Waals surface area contributed by atoms with Crippen LogP contribution in [-0.4, -0.2) is 43.5 Å². The van der Waals surface area contributed by atoms with Crippen LogP contribution in [0, 0.1) is 10.1 Å². The maximum atomic E-state index is 10.6. The summed E-state index contributed by atoms with van der Waals surface area (Å²) in [6, 6.07) is 0. The van der Waals surface area contributed by atoms with Gasteiger partial charge in [0.1, 0.15) is 18.5 Å². The van der Waals surface area contributed by atoms with Crippen LogP contribution in [0.3, 0.4) is 0 Å². The summed E-state index contributed by atoms with van der Waals surface area (Å²) in [5, 5.41) is 29.0. The van der Waals surface area contributed by atoms with Crippen molar-refractivity contribution >= 4 is 5.95 Å². The quantitative estimate of drug-likeness (QED) is 0.512. The molecule has 0 saturated heterocycles. The highest BCUT2D eigenvalue weighted by Gasteiger charge is 2.20. The summed E-state index contributed by atoms with van der Waals surface area (Å²) in [6.45, 7) is 1.26.